The molecule has 2 fully saturated rings. The van der Waals surface area contributed by atoms with E-state index in [1.807, 2.05) is 18.0 Å². The number of fused-ring (bicyclic) bond motifs is 1. The van der Waals surface area contributed by atoms with Crippen molar-refractivity contribution in [3.8, 4) is 0 Å². The molecule has 2 amide bonds. The minimum Gasteiger partial charge on any atom is -0.351 e. The van der Waals surface area contributed by atoms with E-state index in [1.165, 1.54) is 12.8 Å². The van der Waals surface area contributed by atoms with Gasteiger partial charge in [-0.15, -0.1) is 0 Å². The summed E-state index contributed by atoms with van der Waals surface area (Å²) in [6.07, 6.45) is 6.71. The van der Waals surface area contributed by atoms with Crippen LogP contribution in [0, 0.1) is 18.8 Å². The van der Waals surface area contributed by atoms with Crippen molar-refractivity contribution in [1.29, 1.82) is 0 Å². The third-order valence-electron chi connectivity index (χ3n) is 5.22. The van der Waals surface area contributed by atoms with Gasteiger partial charge in [-0.3, -0.25) is 9.59 Å². The molecule has 0 spiro atoms. The number of nitrogens with zero attached hydrogens (tertiary/aromatic N) is 3. The van der Waals surface area contributed by atoms with Crippen molar-refractivity contribution in [3.05, 3.63) is 17.7 Å². The van der Waals surface area contributed by atoms with Gasteiger partial charge in [0.25, 0.3) is 0 Å². The molecule has 1 aromatic rings. The number of carbonyl (C=O) groups is 2. The van der Waals surface area contributed by atoms with Crippen LogP contribution in [0.4, 0.5) is 0 Å². The zero-order chi connectivity index (χ0) is 16.0. The van der Waals surface area contributed by atoms with E-state index in [4.69, 9.17) is 0 Å². The maximum atomic E-state index is 12.5. The van der Waals surface area contributed by atoms with E-state index in [-0.39, 0.29) is 23.8 Å². The van der Waals surface area contributed by atoms with E-state index in [9.17, 15) is 9.59 Å². The average Bonchev–Trinajstić information content (AvgIpc) is 3.13. The topological polar surface area (TPSA) is 67.2 Å². The van der Waals surface area contributed by atoms with Gasteiger partial charge in [0.2, 0.25) is 11.8 Å². The summed E-state index contributed by atoms with van der Waals surface area (Å²) in [5, 5.41) is 3.15. The number of hydrogen-bond acceptors (Lipinski definition) is 3. The first-order chi connectivity index (χ1) is 11.1. The Bertz CT molecular complexity index is 635. The number of nitrogens with one attached hydrogen (secondary N) is 1. The van der Waals surface area contributed by atoms with Gasteiger partial charge >= 0.3 is 0 Å². The number of likely N-dealkylation sites (tertiary alicyclic amines) is 1. The second-order valence-corrected chi connectivity index (χ2v) is 7.34. The van der Waals surface area contributed by atoms with E-state index in [2.05, 4.69) is 14.9 Å². The Morgan fingerprint density at radius 2 is 2.17 bits per heavy atom. The van der Waals surface area contributed by atoms with Crippen LogP contribution >= 0.6 is 0 Å². The molecule has 6 nitrogen and oxygen atoms in total. The van der Waals surface area contributed by atoms with Crippen LogP contribution in [-0.2, 0) is 22.6 Å². The minimum absolute atomic E-state index is 0.0435. The van der Waals surface area contributed by atoms with Crippen LogP contribution in [0.5, 0.6) is 0 Å². The number of rotatable bonds is 4. The highest BCUT2D eigenvalue weighted by atomic mass is 16.2. The summed E-state index contributed by atoms with van der Waals surface area (Å²) in [6, 6.07) is 0.149. The van der Waals surface area contributed by atoms with Gasteiger partial charge in [-0.05, 0) is 32.1 Å². The summed E-state index contributed by atoms with van der Waals surface area (Å²) in [6.45, 7) is 4.24. The Hall–Kier alpha value is -1.85. The summed E-state index contributed by atoms with van der Waals surface area (Å²) >= 11 is 0. The second kappa shape index (κ2) is 5.65. The van der Waals surface area contributed by atoms with Gasteiger partial charge in [0, 0.05) is 44.7 Å². The first-order valence-electron chi connectivity index (χ1n) is 8.69. The van der Waals surface area contributed by atoms with E-state index in [1.54, 1.807) is 0 Å². The van der Waals surface area contributed by atoms with Crippen LogP contribution in [-0.4, -0.2) is 45.4 Å². The molecule has 1 aliphatic carbocycles. The zero-order valence-electron chi connectivity index (χ0n) is 13.6. The number of aromatic nitrogens is 2. The van der Waals surface area contributed by atoms with Crippen molar-refractivity contribution in [1.82, 2.24) is 19.8 Å². The standard InChI is InChI=1S/C17H24N4O2/c1-11-7-20-10-14(4-5-15(20)18-11)19-17(23)13-6-16(22)21(9-13)8-12-2-3-12/h7,12-14H,2-6,8-10H2,1H3,(H,19,23)/t13-,14-/m0/s1. The maximum absolute atomic E-state index is 12.5. The number of imidazole rings is 1. The fraction of sp³-hybridized carbons (Fsp3) is 0.706. The van der Waals surface area contributed by atoms with Crippen molar-refractivity contribution >= 4 is 11.8 Å². The Kier molecular flexibility index (Phi) is 3.62. The summed E-state index contributed by atoms with van der Waals surface area (Å²) in [4.78, 5) is 30.9. The monoisotopic (exact) mass is 316 g/mol. The Morgan fingerprint density at radius 1 is 1.35 bits per heavy atom. The molecule has 3 aliphatic rings. The van der Waals surface area contributed by atoms with Crippen LogP contribution in [0.1, 0.15) is 37.2 Å². The summed E-state index contributed by atoms with van der Waals surface area (Å²) < 4.78 is 2.14. The van der Waals surface area contributed by atoms with E-state index < -0.39 is 0 Å². The predicted molar refractivity (Wildman–Crippen MR) is 84.6 cm³/mol. The fourth-order valence-electron chi connectivity index (χ4n) is 3.76. The van der Waals surface area contributed by atoms with Crippen LogP contribution in [0.3, 0.4) is 0 Å². The normalized spacial score (nSPS) is 27.2. The molecule has 4 rings (SSSR count). The summed E-state index contributed by atoms with van der Waals surface area (Å²) in [7, 11) is 0. The summed E-state index contributed by atoms with van der Waals surface area (Å²) in [5.74, 6) is 1.81. The van der Waals surface area contributed by atoms with Gasteiger partial charge in [-0.2, -0.15) is 0 Å². The third-order valence-corrected chi connectivity index (χ3v) is 5.22. The Balaban J connectivity index is 1.32. The molecule has 1 saturated heterocycles. The maximum Gasteiger partial charge on any atom is 0.225 e. The molecule has 1 saturated carbocycles. The van der Waals surface area contributed by atoms with Crippen molar-refractivity contribution in [2.45, 2.75) is 51.6 Å². The molecule has 1 aromatic heterocycles. The fourth-order valence-corrected chi connectivity index (χ4v) is 3.76. The van der Waals surface area contributed by atoms with E-state index >= 15 is 0 Å². The number of amides is 2. The molecule has 6 heteroatoms. The first-order valence-corrected chi connectivity index (χ1v) is 8.69. The lowest BCUT2D eigenvalue weighted by Gasteiger charge is -2.26. The molecule has 0 bridgehead atoms. The van der Waals surface area contributed by atoms with Crippen molar-refractivity contribution in [2.24, 2.45) is 11.8 Å². The molecule has 0 radical (unpaired) electrons. The van der Waals surface area contributed by atoms with Crippen molar-refractivity contribution < 1.29 is 9.59 Å². The Labute approximate surface area is 136 Å². The number of aryl methyl sites for hydroxylation is 2. The molecule has 0 aromatic carbocycles. The van der Waals surface area contributed by atoms with Gasteiger partial charge < -0.3 is 14.8 Å². The molecule has 23 heavy (non-hydrogen) atoms. The van der Waals surface area contributed by atoms with Gasteiger partial charge in [0.15, 0.2) is 0 Å². The molecular formula is C17H24N4O2. The van der Waals surface area contributed by atoms with Crippen LogP contribution in [0.25, 0.3) is 0 Å². The highest BCUT2D eigenvalue weighted by Gasteiger charge is 2.37. The molecule has 0 unspecified atom stereocenters. The predicted octanol–water partition coefficient (Wildman–Crippen LogP) is 0.881. The molecule has 1 N–H and O–H groups in total. The van der Waals surface area contributed by atoms with Crippen LogP contribution in [0.2, 0.25) is 0 Å². The van der Waals surface area contributed by atoms with Gasteiger partial charge in [0.1, 0.15) is 5.82 Å². The first kappa shape index (κ1) is 14.7. The minimum atomic E-state index is -0.174. The smallest absolute Gasteiger partial charge is 0.225 e. The number of carbonyl (C=O) groups excluding carboxylic acids is 2. The molecule has 2 atom stereocenters. The lowest BCUT2D eigenvalue weighted by Crippen LogP contribution is -2.44. The van der Waals surface area contributed by atoms with Crippen molar-refractivity contribution in [3.63, 3.8) is 0 Å². The molecule has 2 aliphatic heterocycles. The van der Waals surface area contributed by atoms with Crippen LogP contribution < -0.4 is 5.32 Å². The van der Waals surface area contributed by atoms with E-state index in [0.29, 0.717) is 18.9 Å². The van der Waals surface area contributed by atoms with Gasteiger partial charge in [0.05, 0.1) is 11.6 Å². The largest absolute Gasteiger partial charge is 0.351 e. The quantitative estimate of drug-likeness (QED) is 0.897. The summed E-state index contributed by atoms with van der Waals surface area (Å²) in [5.41, 5.74) is 1.03. The third kappa shape index (κ3) is 3.12. The lowest BCUT2D eigenvalue weighted by molar-refractivity contribution is -0.129. The number of hydrogen-bond donors (Lipinski definition) is 1. The van der Waals surface area contributed by atoms with Crippen LogP contribution in [0.15, 0.2) is 6.20 Å². The average molecular weight is 316 g/mol. The van der Waals surface area contributed by atoms with E-state index in [0.717, 1.165) is 37.4 Å². The van der Waals surface area contributed by atoms with Gasteiger partial charge in [-0.25, -0.2) is 4.98 Å². The highest BCUT2D eigenvalue weighted by molar-refractivity contribution is 5.89. The molecular weight excluding hydrogens is 292 g/mol. The second-order valence-electron chi connectivity index (χ2n) is 7.34. The SMILES string of the molecule is Cc1cn2c(n1)CC[C@H](NC(=O)[C@H]1CC(=O)N(CC3CC3)C1)C2. The Morgan fingerprint density at radius 3 is 2.96 bits per heavy atom. The molecule has 124 valence electrons. The molecule has 3 heterocycles. The van der Waals surface area contributed by atoms with Gasteiger partial charge in [-0.1, -0.05) is 0 Å². The highest BCUT2D eigenvalue weighted by Crippen LogP contribution is 2.32. The lowest BCUT2D eigenvalue weighted by atomic mass is 10.0. The van der Waals surface area contributed by atoms with Crippen molar-refractivity contribution in [2.75, 3.05) is 13.1 Å². The zero-order valence-corrected chi connectivity index (χ0v) is 13.6.